The Labute approximate surface area is 104 Å². The van der Waals surface area contributed by atoms with Crippen molar-refractivity contribution in [3.8, 4) is 0 Å². The van der Waals surface area contributed by atoms with Gasteiger partial charge < -0.3 is 0 Å². The molecule has 14 heavy (non-hydrogen) atoms. The van der Waals surface area contributed by atoms with Crippen molar-refractivity contribution in [1.82, 2.24) is 0 Å². The van der Waals surface area contributed by atoms with Crippen molar-refractivity contribution in [2.75, 3.05) is 0 Å². The van der Waals surface area contributed by atoms with Gasteiger partial charge in [-0.25, -0.2) is 0 Å². The number of thiophene rings is 1. The van der Waals surface area contributed by atoms with E-state index in [-0.39, 0.29) is 5.78 Å². The average Bonchev–Trinajstić information content (AvgIpc) is 2.43. The molecule has 0 N–H and O–H groups in total. The van der Waals surface area contributed by atoms with Gasteiger partial charge in [-0.15, -0.1) is 17.9 Å². The van der Waals surface area contributed by atoms with Gasteiger partial charge in [-0.2, -0.15) is 0 Å². The van der Waals surface area contributed by atoms with Crippen molar-refractivity contribution in [2.24, 2.45) is 0 Å². The molecule has 0 fully saturated rings. The zero-order valence-electron chi connectivity index (χ0n) is 7.77. The third-order valence-electron chi connectivity index (χ3n) is 1.70. The number of halogens is 2. The smallest absolute Gasteiger partial charge is 0.173 e. The molecule has 1 heterocycles. The lowest BCUT2D eigenvalue weighted by Gasteiger charge is -1.96. The molecule has 0 saturated heterocycles. The van der Waals surface area contributed by atoms with Crippen LogP contribution in [-0.4, -0.2) is 5.78 Å². The van der Waals surface area contributed by atoms with Crippen LogP contribution >= 0.6 is 43.2 Å². The molecule has 0 aliphatic rings. The van der Waals surface area contributed by atoms with E-state index in [1.165, 1.54) is 11.3 Å². The summed E-state index contributed by atoms with van der Waals surface area (Å²) in [5.74, 6) is 0.185. The number of carbonyl (C=O) groups excluding carboxylic acids is 1. The number of hydrogen-bond donors (Lipinski definition) is 0. The minimum absolute atomic E-state index is 0.185. The lowest BCUT2D eigenvalue weighted by atomic mass is 10.1. The van der Waals surface area contributed by atoms with Crippen LogP contribution in [0.2, 0.25) is 0 Å². The Balaban J connectivity index is 2.65. The van der Waals surface area contributed by atoms with Crippen molar-refractivity contribution in [2.45, 2.75) is 19.8 Å². The van der Waals surface area contributed by atoms with E-state index in [4.69, 9.17) is 0 Å². The molecule has 1 rings (SSSR count). The molecular weight excluding hydrogens is 328 g/mol. The van der Waals surface area contributed by atoms with Gasteiger partial charge in [0.05, 0.1) is 8.66 Å². The maximum absolute atomic E-state index is 11.6. The van der Waals surface area contributed by atoms with Crippen LogP contribution in [-0.2, 0) is 0 Å². The molecule has 1 nitrogen and oxygen atoms in total. The monoisotopic (exact) mass is 336 g/mol. The molecule has 1 aromatic heterocycles. The molecule has 0 radical (unpaired) electrons. The minimum Gasteiger partial charge on any atom is -0.293 e. The summed E-state index contributed by atoms with van der Waals surface area (Å²) in [6.45, 7) is 5.71. The van der Waals surface area contributed by atoms with E-state index in [1.54, 1.807) is 0 Å². The molecule has 1 aromatic rings. The number of carbonyl (C=O) groups is 1. The molecule has 0 unspecified atom stereocenters. The molecular formula is C10H10Br2OS. The number of hydrogen-bond acceptors (Lipinski definition) is 2. The summed E-state index contributed by atoms with van der Waals surface area (Å²) in [5, 5.41) is 0. The van der Waals surface area contributed by atoms with Gasteiger partial charge in [-0.3, -0.25) is 4.79 Å². The van der Waals surface area contributed by atoms with E-state index >= 15 is 0 Å². The first-order valence-corrected chi connectivity index (χ1v) is 6.53. The Morgan fingerprint density at radius 2 is 2.14 bits per heavy atom. The second-order valence-electron chi connectivity index (χ2n) is 3.11. The fraction of sp³-hybridized carbons (Fsp3) is 0.300. The van der Waals surface area contributed by atoms with Gasteiger partial charge in [0, 0.05) is 10.9 Å². The number of rotatable bonds is 4. The molecule has 0 atom stereocenters. The van der Waals surface area contributed by atoms with Crippen molar-refractivity contribution >= 4 is 49.0 Å². The van der Waals surface area contributed by atoms with Crippen LogP contribution in [0.1, 0.15) is 29.4 Å². The standard InChI is InChI=1S/C10H10Br2OS/c1-6(2)3-4-8(13)9-5-7(11)10(12)14-9/h5H,1,3-4H2,2H3. The second kappa shape index (κ2) is 5.24. The first-order chi connectivity index (χ1) is 6.50. The fourth-order valence-electron chi connectivity index (χ4n) is 0.934. The number of allylic oxidation sites excluding steroid dienone is 1. The van der Waals surface area contributed by atoms with Gasteiger partial charge >= 0.3 is 0 Å². The highest BCUT2D eigenvalue weighted by Gasteiger charge is 2.11. The maximum atomic E-state index is 11.6. The lowest BCUT2D eigenvalue weighted by molar-refractivity contribution is 0.0986. The highest BCUT2D eigenvalue weighted by molar-refractivity contribution is 9.13. The van der Waals surface area contributed by atoms with Crippen LogP contribution in [0.25, 0.3) is 0 Å². The van der Waals surface area contributed by atoms with Gasteiger partial charge in [0.15, 0.2) is 5.78 Å². The third-order valence-corrected chi connectivity index (χ3v) is 5.00. The van der Waals surface area contributed by atoms with Gasteiger partial charge in [-0.05, 0) is 51.3 Å². The average molecular weight is 338 g/mol. The SMILES string of the molecule is C=C(C)CCC(=O)c1cc(Br)c(Br)s1. The van der Waals surface area contributed by atoms with E-state index in [0.29, 0.717) is 6.42 Å². The topological polar surface area (TPSA) is 17.1 Å². The Morgan fingerprint density at radius 1 is 1.50 bits per heavy atom. The van der Waals surface area contributed by atoms with Gasteiger partial charge in [0.1, 0.15) is 0 Å². The number of ketones is 1. The molecule has 0 aliphatic carbocycles. The van der Waals surface area contributed by atoms with E-state index in [9.17, 15) is 4.79 Å². The van der Waals surface area contributed by atoms with Crippen molar-refractivity contribution in [1.29, 1.82) is 0 Å². The van der Waals surface area contributed by atoms with Crippen LogP contribution < -0.4 is 0 Å². The summed E-state index contributed by atoms with van der Waals surface area (Å²) in [6.07, 6.45) is 1.32. The van der Waals surface area contributed by atoms with Gasteiger partial charge in [0.2, 0.25) is 0 Å². The fourth-order valence-corrected chi connectivity index (χ4v) is 2.94. The van der Waals surface area contributed by atoms with Crippen molar-refractivity contribution in [3.05, 3.63) is 31.4 Å². The molecule has 0 spiro atoms. The van der Waals surface area contributed by atoms with E-state index in [0.717, 1.165) is 25.1 Å². The highest BCUT2D eigenvalue weighted by atomic mass is 79.9. The predicted molar refractivity (Wildman–Crippen MR) is 68.1 cm³/mol. The summed E-state index contributed by atoms with van der Waals surface area (Å²) in [5.41, 5.74) is 1.05. The Kier molecular flexibility index (Phi) is 4.54. The normalized spacial score (nSPS) is 10.2. The molecule has 0 bridgehead atoms. The van der Waals surface area contributed by atoms with E-state index in [2.05, 4.69) is 38.4 Å². The van der Waals surface area contributed by atoms with E-state index < -0.39 is 0 Å². The van der Waals surface area contributed by atoms with Crippen molar-refractivity contribution in [3.63, 3.8) is 0 Å². The van der Waals surface area contributed by atoms with Crippen LogP contribution in [0, 0.1) is 0 Å². The highest BCUT2D eigenvalue weighted by Crippen LogP contribution is 2.33. The summed E-state index contributed by atoms with van der Waals surface area (Å²) in [7, 11) is 0. The maximum Gasteiger partial charge on any atom is 0.173 e. The number of Topliss-reactive ketones (excluding diaryl/α,β-unsaturated/α-hetero) is 1. The predicted octanol–water partition coefficient (Wildman–Crippen LogP) is 4.81. The Bertz CT molecular complexity index is 349. The molecule has 0 aliphatic heterocycles. The van der Waals surface area contributed by atoms with Crippen LogP contribution in [0.15, 0.2) is 26.5 Å². The quantitative estimate of drug-likeness (QED) is 0.569. The summed E-state index contributed by atoms with van der Waals surface area (Å²) in [6, 6.07) is 1.86. The lowest BCUT2D eigenvalue weighted by Crippen LogP contribution is -1.95. The largest absolute Gasteiger partial charge is 0.293 e. The first-order valence-electron chi connectivity index (χ1n) is 4.13. The Morgan fingerprint density at radius 3 is 2.57 bits per heavy atom. The van der Waals surface area contributed by atoms with Crippen LogP contribution in [0.3, 0.4) is 0 Å². The summed E-state index contributed by atoms with van der Waals surface area (Å²) >= 11 is 8.19. The molecule has 0 saturated carbocycles. The Hall–Kier alpha value is 0.0700. The minimum atomic E-state index is 0.185. The van der Waals surface area contributed by atoms with Gasteiger partial charge in [0.25, 0.3) is 0 Å². The van der Waals surface area contributed by atoms with Crippen LogP contribution in [0.4, 0.5) is 0 Å². The van der Waals surface area contributed by atoms with Crippen LogP contribution in [0.5, 0.6) is 0 Å². The van der Waals surface area contributed by atoms with E-state index in [1.807, 2.05) is 13.0 Å². The summed E-state index contributed by atoms with van der Waals surface area (Å²) < 4.78 is 1.91. The van der Waals surface area contributed by atoms with Crippen molar-refractivity contribution < 1.29 is 4.79 Å². The zero-order chi connectivity index (χ0) is 10.7. The molecule has 4 heteroatoms. The summed E-state index contributed by atoms with van der Waals surface area (Å²) in [4.78, 5) is 12.4. The molecule has 0 amide bonds. The third kappa shape index (κ3) is 3.33. The van der Waals surface area contributed by atoms with Gasteiger partial charge in [-0.1, -0.05) is 5.57 Å². The first kappa shape index (κ1) is 12.1. The zero-order valence-corrected chi connectivity index (χ0v) is 11.8. The molecule has 76 valence electrons. The molecule has 0 aromatic carbocycles. The second-order valence-corrected chi connectivity index (χ2v) is 6.34.